The minimum atomic E-state index is -0.407. The second-order valence-electron chi connectivity index (χ2n) is 6.31. The van der Waals surface area contributed by atoms with E-state index in [1.807, 2.05) is 12.3 Å². The van der Waals surface area contributed by atoms with Crippen LogP contribution in [0, 0.1) is 6.92 Å². The van der Waals surface area contributed by atoms with E-state index >= 15 is 0 Å². The van der Waals surface area contributed by atoms with Gasteiger partial charge in [0.2, 0.25) is 5.91 Å². The Hall–Kier alpha value is -2.14. The van der Waals surface area contributed by atoms with Crippen LogP contribution >= 0.6 is 46.3 Å². The van der Waals surface area contributed by atoms with Crippen LogP contribution in [0.1, 0.15) is 28.8 Å². The minimum absolute atomic E-state index is 0.169. The summed E-state index contributed by atoms with van der Waals surface area (Å²) in [4.78, 5) is 28.9. The molecule has 158 valence electrons. The first-order valence-corrected chi connectivity index (χ1v) is 11.3. The molecule has 3 aromatic rings. The van der Waals surface area contributed by atoms with E-state index in [0.717, 1.165) is 5.69 Å². The van der Waals surface area contributed by atoms with Gasteiger partial charge in [-0.05, 0) is 32.0 Å². The van der Waals surface area contributed by atoms with Gasteiger partial charge in [-0.2, -0.15) is 0 Å². The maximum Gasteiger partial charge on any atom is 0.251 e. The first-order valence-electron chi connectivity index (χ1n) is 8.75. The van der Waals surface area contributed by atoms with E-state index in [0.29, 0.717) is 31.7 Å². The molecule has 0 bridgehead atoms. The highest BCUT2D eigenvalue weighted by molar-refractivity contribution is 8.00. The monoisotopic (exact) mass is 484 g/mol. The number of carbonyl (C=O) groups excluding carboxylic acids is 2. The quantitative estimate of drug-likeness (QED) is 0.492. The number of hydrogen-bond donors (Lipinski definition) is 2. The molecule has 2 heterocycles. The lowest BCUT2D eigenvalue weighted by atomic mass is 10.2. The van der Waals surface area contributed by atoms with Crippen molar-refractivity contribution in [1.29, 1.82) is 0 Å². The number of thioether (sulfide) groups is 1. The zero-order chi connectivity index (χ0) is 21.8. The van der Waals surface area contributed by atoms with E-state index in [1.54, 1.807) is 30.7 Å². The van der Waals surface area contributed by atoms with Gasteiger partial charge in [0.15, 0.2) is 16.1 Å². The number of aromatic nitrogens is 4. The Morgan fingerprint density at radius 3 is 2.70 bits per heavy atom. The van der Waals surface area contributed by atoms with Crippen LogP contribution in [0.5, 0.6) is 0 Å². The number of benzene rings is 1. The van der Waals surface area contributed by atoms with Gasteiger partial charge >= 0.3 is 0 Å². The number of amides is 2. The van der Waals surface area contributed by atoms with Crippen LogP contribution in [0.15, 0.2) is 28.7 Å². The Morgan fingerprint density at radius 1 is 1.27 bits per heavy atom. The molecule has 1 aromatic carbocycles. The number of nitrogens with zero attached hydrogens (tertiary/aromatic N) is 4. The highest BCUT2D eigenvalue weighted by atomic mass is 35.5. The number of nitrogens with one attached hydrogen (secondary N) is 2. The van der Waals surface area contributed by atoms with Crippen molar-refractivity contribution in [3.63, 3.8) is 0 Å². The van der Waals surface area contributed by atoms with Gasteiger partial charge in [0.25, 0.3) is 5.91 Å². The molecule has 0 aliphatic heterocycles. The van der Waals surface area contributed by atoms with Gasteiger partial charge in [-0.25, -0.2) is 4.98 Å². The summed E-state index contributed by atoms with van der Waals surface area (Å²) in [6, 6.07) is 4.66. The predicted octanol–water partition coefficient (Wildman–Crippen LogP) is 3.94. The first kappa shape index (κ1) is 22.5. The summed E-state index contributed by atoms with van der Waals surface area (Å²) >= 11 is 14.5. The molecule has 1 atom stereocenters. The molecule has 2 aromatic heterocycles. The van der Waals surface area contributed by atoms with Crippen molar-refractivity contribution in [3.05, 3.63) is 50.7 Å². The average Bonchev–Trinajstić information content (AvgIpc) is 3.27. The lowest BCUT2D eigenvalue weighted by Gasteiger charge is -2.10. The molecule has 30 heavy (non-hydrogen) atoms. The molecule has 0 radical (unpaired) electrons. The third-order valence-corrected chi connectivity index (χ3v) is 6.76. The standard InChI is InChI=1S/C18H18Cl2N6O2S2/c1-9-8-29-17(22-9)23-15(27)10(2)30-18-25-24-14(26(18)3)7-21-16(28)11-4-5-12(19)13(20)6-11/h4-6,8,10H,7H2,1-3H3,(H,21,28)(H,22,23,27). The maximum atomic E-state index is 12.4. The fourth-order valence-corrected chi connectivity index (χ4v) is 4.15. The number of carbonyl (C=O) groups is 2. The van der Waals surface area contributed by atoms with Gasteiger partial charge in [0, 0.05) is 18.0 Å². The Kier molecular flexibility index (Phi) is 7.35. The molecule has 1 unspecified atom stereocenters. The van der Waals surface area contributed by atoms with E-state index in [4.69, 9.17) is 23.2 Å². The topological polar surface area (TPSA) is 102 Å². The number of anilines is 1. The van der Waals surface area contributed by atoms with Gasteiger partial charge < -0.3 is 15.2 Å². The summed E-state index contributed by atoms with van der Waals surface area (Å²) in [6.07, 6.45) is 0. The molecule has 8 nitrogen and oxygen atoms in total. The highest BCUT2D eigenvalue weighted by Gasteiger charge is 2.20. The van der Waals surface area contributed by atoms with Crippen LogP contribution in [0.4, 0.5) is 5.13 Å². The number of halogens is 2. The van der Waals surface area contributed by atoms with Crippen LogP contribution in [0.2, 0.25) is 10.0 Å². The fourth-order valence-electron chi connectivity index (χ4n) is 2.33. The third-order valence-electron chi connectivity index (χ3n) is 4.01. The third kappa shape index (κ3) is 5.51. The van der Waals surface area contributed by atoms with E-state index in [-0.39, 0.29) is 18.4 Å². The SMILES string of the molecule is Cc1csc(NC(=O)C(C)Sc2nnc(CNC(=O)c3ccc(Cl)c(Cl)c3)n2C)n1. The summed E-state index contributed by atoms with van der Waals surface area (Å²) < 4.78 is 1.73. The zero-order valence-corrected chi connectivity index (χ0v) is 19.4. The Balaban J connectivity index is 1.57. The average molecular weight is 485 g/mol. The molecule has 0 saturated carbocycles. The largest absolute Gasteiger partial charge is 0.345 e. The molecule has 2 amide bonds. The zero-order valence-electron chi connectivity index (χ0n) is 16.3. The summed E-state index contributed by atoms with van der Waals surface area (Å²) in [5.41, 5.74) is 1.25. The van der Waals surface area contributed by atoms with Crippen LogP contribution < -0.4 is 10.6 Å². The van der Waals surface area contributed by atoms with Gasteiger partial charge in [0.1, 0.15) is 0 Å². The van der Waals surface area contributed by atoms with Crippen molar-refractivity contribution in [1.82, 2.24) is 25.1 Å². The van der Waals surface area contributed by atoms with Gasteiger partial charge in [-0.1, -0.05) is 35.0 Å². The smallest absolute Gasteiger partial charge is 0.251 e. The molecule has 3 rings (SSSR count). The highest BCUT2D eigenvalue weighted by Crippen LogP contribution is 2.24. The molecule has 0 saturated heterocycles. The molecule has 2 N–H and O–H groups in total. The molecule has 12 heteroatoms. The summed E-state index contributed by atoms with van der Waals surface area (Å²) in [5.74, 6) is 0.0677. The Labute approximate surface area is 191 Å². The Morgan fingerprint density at radius 2 is 2.03 bits per heavy atom. The lowest BCUT2D eigenvalue weighted by Crippen LogP contribution is -2.25. The Bertz CT molecular complexity index is 1080. The van der Waals surface area contributed by atoms with Crippen LogP contribution in [0.25, 0.3) is 0 Å². The molecule has 0 spiro atoms. The molecule has 0 aliphatic carbocycles. The second kappa shape index (κ2) is 9.78. The minimum Gasteiger partial charge on any atom is -0.345 e. The summed E-state index contributed by atoms with van der Waals surface area (Å²) in [6.45, 7) is 3.81. The van der Waals surface area contributed by atoms with E-state index in [1.165, 1.54) is 29.2 Å². The number of hydrogen-bond acceptors (Lipinski definition) is 7. The fraction of sp³-hybridized carbons (Fsp3) is 0.278. The van der Waals surface area contributed by atoms with E-state index in [9.17, 15) is 9.59 Å². The lowest BCUT2D eigenvalue weighted by molar-refractivity contribution is -0.115. The van der Waals surface area contributed by atoms with Crippen molar-refractivity contribution in [2.45, 2.75) is 30.8 Å². The van der Waals surface area contributed by atoms with Crippen LogP contribution in [0.3, 0.4) is 0 Å². The van der Waals surface area contributed by atoms with Crippen LogP contribution in [-0.4, -0.2) is 36.8 Å². The van der Waals surface area contributed by atoms with E-state index in [2.05, 4.69) is 25.8 Å². The van der Waals surface area contributed by atoms with Crippen molar-refractivity contribution in [3.8, 4) is 0 Å². The van der Waals surface area contributed by atoms with Crippen molar-refractivity contribution in [2.75, 3.05) is 5.32 Å². The molecule has 0 aliphatic rings. The molecular weight excluding hydrogens is 467 g/mol. The van der Waals surface area contributed by atoms with Crippen molar-refractivity contribution in [2.24, 2.45) is 7.05 Å². The van der Waals surface area contributed by atoms with Gasteiger partial charge in [0.05, 0.1) is 27.5 Å². The number of aryl methyl sites for hydroxylation is 1. The number of rotatable bonds is 7. The molecule has 0 fully saturated rings. The summed E-state index contributed by atoms with van der Waals surface area (Å²) in [7, 11) is 1.78. The second-order valence-corrected chi connectivity index (χ2v) is 9.29. The molecular formula is C18H18Cl2N6O2S2. The maximum absolute atomic E-state index is 12.4. The van der Waals surface area contributed by atoms with Gasteiger partial charge in [-0.3, -0.25) is 9.59 Å². The first-order chi connectivity index (χ1) is 14.2. The summed E-state index contributed by atoms with van der Waals surface area (Å²) in [5, 5.41) is 17.1. The van der Waals surface area contributed by atoms with Crippen molar-refractivity contribution >= 4 is 63.2 Å². The van der Waals surface area contributed by atoms with Crippen molar-refractivity contribution < 1.29 is 9.59 Å². The van der Waals surface area contributed by atoms with E-state index < -0.39 is 5.25 Å². The van der Waals surface area contributed by atoms with Gasteiger partial charge in [-0.15, -0.1) is 21.5 Å². The number of thiazole rings is 1. The predicted molar refractivity (Wildman–Crippen MR) is 119 cm³/mol. The van der Waals surface area contributed by atoms with Crippen LogP contribution in [-0.2, 0) is 18.4 Å². The normalized spacial score (nSPS) is 11.9.